The van der Waals surface area contributed by atoms with Crippen molar-refractivity contribution in [3.05, 3.63) is 29.6 Å². The van der Waals surface area contributed by atoms with Crippen LogP contribution in [0.3, 0.4) is 0 Å². The van der Waals surface area contributed by atoms with Gasteiger partial charge in [-0.25, -0.2) is 9.40 Å². The molecule has 5 nitrogen and oxygen atoms in total. The molecule has 0 bridgehead atoms. The number of halogens is 1. The summed E-state index contributed by atoms with van der Waals surface area (Å²) in [7, 11) is 4.88. The van der Waals surface area contributed by atoms with Crippen LogP contribution in [0.2, 0.25) is 0 Å². The van der Waals surface area contributed by atoms with Gasteiger partial charge in [-0.2, -0.15) is 0 Å². The van der Waals surface area contributed by atoms with Crippen molar-refractivity contribution < 1.29 is 13.9 Å². The minimum Gasteiger partial charge on any atom is -0.496 e. The molecule has 0 aliphatic heterocycles. The Balaban J connectivity index is 2.80. The number of ether oxygens (including phenoxy) is 1. The number of hydrogen-bond acceptors (Lipinski definition) is 4. The van der Waals surface area contributed by atoms with E-state index >= 15 is 0 Å². The first-order chi connectivity index (χ1) is 8.43. The Morgan fingerprint density at radius 2 is 2.22 bits per heavy atom. The summed E-state index contributed by atoms with van der Waals surface area (Å²) >= 11 is 0. The number of carbonyl (C=O) groups is 1. The van der Waals surface area contributed by atoms with E-state index in [2.05, 4.69) is 5.43 Å². The van der Waals surface area contributed by atoms with Gasteiger partial charge in [-0.15, -0.1) is 0 Å². The molecule has 1 amide bonds. The molecular weight excluding hydrogens is 237 g/mol. The van der Waals surface area contributed by atoms with Crippen LogP contribution >= 0.6 is 0 Å². The SMILES string of the molecule is COc1ccc(F)cc1C(N)CC(=O)NN(C)C. The van der Waals surface area contributed by atoms with Crippen LogP contribution in [-0.2, 0) is 4.79 Å². The highest BCUT2D eigenvalue weighted by molar-refractivity contribution is 5.76. The first kappa shape index (κ1) is 14.4. The third kappa shape index (κ3) is 3.97. The van der Waals surface area contributed by atoms with Gasteiger partial charge in [0.2, 0.25) is 5.91 Å². The van der Waals surface area contributed by atoms with Gasteiger partial charge in [-0.1, -0.05) is 0 Å². The second kappa shape index (κ2) is 6.32. The van der Waals surface area contributed by atoms with E-state index in [1.165, 1.54) is 30.3 Å². The molecule has 1 rings (SSSR count). The molecular formula is C12H18FN3O2. The molecule has 0 aliphatic rings. The number of nitrogens with two attached hydrogens (primary N) is 1. The molecule has 100 valence electrons. The van der Waals surface area contributed by atoms with Gasteiger partial charge in [0, 0.05) is 32.1 Å². The van der Waals surface area contributed by atoms with Crippen LogP contribution in [0.4, 0.5) is 4.39 Å². The molecule has 1 aromatic rings. The predicted molar refractivity (Wildman–Crippen MR) is 66.3 cm³/mol. The Kier molecular flexibility index (Phi) is 5.06. The summed E-state index contributed by atoms with van der Waals surface area (Å²) in [6.07, 6.45) is 0.0536. The fourth-order valence-corrected chi connectivity index (χ4v) is 1.60. The van der Waals surface area contributed by atoms with Crippen LogP contribution in [-0.4, -0.2) is 32.1 Å². The average molecular weight is 255 g/mol. The number of rotatable bonds is 5. The minimum absolute atomic E-state index is 0.0536. The molecule has 6 heteroatoms. The highest BCUT2D eigenvalue weighted by Gasteiger charge is 2.16. The normalized spacial score (nSPS) is 12.3. The molecule has 0 aromatic heterocycles. The van der Waals surface area contributed by atoms with Gasteiger partial charge < -0.3 is 10.5 Å². The molecule has 0 saturated carbocycles. The summed E-state index contributed by atoms with van der Waals surface area (Å²) in [6, 6.07) is 3.45. The van der Waals surface area contributed by atoms with Gasteiger partial charge in [0.1, 0.15) is 11.6 Å². The molecule has 1 unspecified atom stereocenters. The maximum absolute atomic E-state index is 13.2. The fraction of sp³-hybridized carbons (Fsp3) is 0.417. The molecule has 0 heterocycles. The highest BCUT2D eigenvalue weighted by atomic mass is 19.1. The van der Waals surface area contributed by atoms with Crippen LogP contribution in [0.15, 0.2) is 18.2 Å². The first-order valence-corrected chi connectivity index (χ1v) is 5.50. The quantitative estimate of drug-likeness (QED) is 0.764. The molecule has 0 saturated heterocycles. The molecule has 0 aliphatic carbocycles. The van der Waals surface area contributed by atoms with Crippen LogP contribution in [0.25, 0.3) is 0 Å². The summed E-state index contributed by atoms with van der Waals surface area (Å²) < 4.78 is 18.3. The zero-order valence-electron chi connectivity index (χ0n) is 10.7. The third-order valence-electron chi connectivity index (χ3n) is 2.34. The van der Waals surface area contributed by atoms with Crippen molar-refractivity contribution in [2.45, 2.75) is 12.5 Å². The van der Waals surface area contributed by atoms with Gasteiger partial charge in [0.15, 0.2) is 0 Å². The fourth-order valence-electron chi connectivity index (χ4n) is 1.60. The summed E-state index contributed by atoms with van der Waals surface area (Å²) in [6.45, 7) is 0. The van der Waals surface area contributed by atoms with Gasteiger partial charge in [-0.3, -0.25) is 10.2 Å². The summed E-state index contributed by atoms with van der Waals surface area (Å²) in [4.78, 5) is 11.6. The summed E-state index contributed by atoms with van der Waals surface area (Å²) in [5.74, 6) is -0.172. The molecule has 18 heavy (non-hydrogen) atoms. The lowest BCUT2D eigenvalue weighted by atomic mass is 10.0. The summed E-state index contributed by atoms with van der Waals surface area (Å²) in [5.41, 5.74) is 8.94. The van der Waals surface area contributed by atoms with Crippen LogP contribution < -0.4 is 15.9 Å². The van der Waals surface area contributed by atoms with Crippen molar-refractivity contribution in [1.29, 1.82) is 0 Å². The Labute approximate surface area is 106 Å². The Morgan fingerprint density at radius 1 is 1.56 bits per heavy atom. The predicted octanol–water partition coefficient (Wildman–Crippen LogP) is 0.817. The smallest absolute Gasteiger partial charge is 0.236 e. The topological polar surface area (TPSA) is 67.6 Å². The Bertz CT molecular complexity index is 424. The Morgan fingerprint density at radius 3 is 2.78 bits per heavy atom. The van der Waals surface area contributed by atoms with E-state index in [0.717, 1.165) is 0 Å². The van der Waals surface area contributed by atoms with E-state index in [9.17, 15) is 9.18 Å². The van der Waals surface area contributed by atoms with Gasteiger partial charge >= 0.3 is 0 Å². The van der Waals surface area contributed by atoms with Crippen molar-refractivity contribution in [3.8, 4) is 5.75 Å². The second-order valence-corrected chi connectivity index (χ2v) is 4.13. The van der Waals surface area contributed by atoms with Crippen molar-refractivity contribution in [1.82, 2.24) is 10.4 Å². The molecule has 0 radical (unpaired) electrons. The molecule has 1 atom stereocenters. The number of benzene rings is 1. The molecule has 0 fully saturated rings. The number of hydrazine groups is 1. The number of nitrogens with one attached hydrogen (secondary N) is 1. The van der Waals surface area contributed by atoms with E-state index in [1.54, 1.807) is 14.1 Å². The zero-order chi connectivity index (χ0) is 13.7. The molecule has 0 spiro atoms. The molecule has 1 aromatic carbocycles. The maximum atomic E-state index is 13.2. The largest absolute Gasteiger partial charge is 0.496 e. The lowest BCUT2D eigenvalue weighted by molar-refractivity contribution is -0.125. The van der Waals surface area contributed by atoms with Crippen LogP contribution in [0, 0.1) is 5.82 Å². The van der Waals surface area contributed by atoms with Crippen molar-refractivity contribution in [2.75, 3.05) is 21.2 Å². The van der Waals surface area contributed by atoms with Gasteiger partial charge in [0.25, 0.3) is 0 Å². The average Bonchev–Trinajstić information content (AvgIpc) is 2.27. The van der Waals surface area contributed by atoms with Gasteiger partial charge in [-0.05, 0) is 18.2 Å². The van der Waals surface area contributed by atoms with E-state index in [4.69, 9.17) is 10.5 Å². The molecule has 3 N–H and O–H groups in total. The van der Waals surface area contributed by atoms with Crippen LogP contribution in [0.5, 0.6) is 5.75 Å². The van der Waals surface area contributed by atoms with E-state index in [1.807, 2.05) is 0 Å². The minimum atomic E-state index is -0.615. The summed E-state index contributed by atoms with van der Waals surface area (Å²) in [5, 5.41) is 1.53. The lowest BCUT2D eigenvalue weighted by Crippen LogP contribution is -2.37. The second-order valence-electron chi connectivity index (χ2n) is 4.13. The maximum Gasteiger partial charge on any atom is 0.236 e. The van der Waals surface area contributed by atoms with Crippen molar-refractivity contribution in [3.63, 3.8) is 0 Å². The standard InChI is InChI=1S/C12H18FN3O2/c1-16(2)15-12(17)7-10(14)9-6-8(13)4-5-11(9)18-3/h4-6,10H,7,14H2,1-3H3,(H,15,17). The van der Waals surface area contributed by atoms with E-state index in [-0.39, 0.29) is 12.3 Å². The highest BCUT2D eigenvalue weighted by Crippen LogP contribution is 2.26. The number of carbonyl (C=O) groups excluding carboxylic acids is 1. The van der Waals surface area contributed by atoms with E-state index in [0.29, 0.717) is 11.3 Å². The van der Waals surface area contributed by atoms with Crippen molar-refractivity contribution in [2.24, 2.45) is 5.73 Å². The number of amides is 1. The first-order valence-electron chi connectivity index (χ1n) is 5.50. The number of hydrogen-bond donors (Lipinski definition) is 2. The monoisotopic (exact) mass is 255 g/mol. The zero-order valence-corrected chi connectivity index (χ0v) is 10.7. The number of nitrogens with zero attached hydrogens (tertiary/aromatic N) is 1. The lowest BCUT2D eigenvalue weighted by Gasteiger charge is -2.17. The van der Waals surface area contributed by atoms with Crippen molar-refractivity contribution >= 4 is 5.91 Å². The van der Waals surface area contributed by atoms with Crippen LogP contribution in [0.1, 0.15) is 18.0 Å². The van der Waals surface area contributed by atoms with E-state index < -0.39 is 11.9 Å². The van der Waals surface area contributed by atoms with Gasteiger partial charge in [0.05, 0.1) is 7.11 Å². The Hall–Kier alpha value is -1.66. The third-order valence-corrected chi connectivity index (χ3v) is 2.34. The number of methoxy groups -OCH3 is 1.